The van der Waals surface area contributed by atoms with Gasteiger partial charge in [-0.25, -0.2) is 0 Å². The number of carbonyl (C=O) groups excluding carboxylic acids is 1. The Morgan fingerprint density at radius 1 is 0.929 bits per heavy atom. The molecule has 0 saturated heterocycles. The maximum Gasteiger partial charge on any atom is 0.261 e. The second-order valence-electron chi connectivity index (χ2n) is 6.93. The van der Waals surface area contributed by atoms with Crippen LogP contribution in [0.5, 0.6) is 5.75 Å². The number of carbonyl (C=O) groups is 1. The van der Waals surface area contributed by atoms with Crippen molar-refractivity contribution in [1.82, 2.24) is 5.32 Å². The number of hydrogen-bond acceptors (Lipinski definition) is 2. The number of amides is 1. The summed E-state index contributed by atoms with van der Waals surface area (Å²) in [4.78, 5) is 13.0. The highest BCUT2D eigenvalue weighted by atomic mass is 16.5. The Hall–Kier alpha value is -3.07. The zero-order valence-electron chi connectivity index (χ0n) is 16.7. The molecule has 144 valence electrons. The Morgan fingerprint density at radius 3 is 2.29 bits per heavy atom. The van der Waals surface area contributed by atoms with Crippen LogP contribution in [-0.2, 0) is 11.2 Å². The minimum Gasteiger partial charge on any atom is -0.481 e. The Balaban J connectivity index is 1.82. The minimum absolute atomic E-state index is 0.136. The summed E-state index contributed by atoms with van der Waals surface area (Å²) in [6, 6.07) is 25.8. The molecule has 0 heterocycles. The van der Waals surface area contributed by atoms with Crippen LogP contribution < -0.4 is 10.1 Å². The quantitative estimate of drug-likeness (QED) is 0.616. The van der Waals surface area contributed by atoms with Gasteiger partial charge in [0.2, 0.25) is 0 Å². The van der Waals surface area contributed by atoms with E-state index in [9.17, 15) is 4.79 Å². The first-order chi connectivity index (χ1) is 13.6. The molecule has 3 aromatic carbocycles. The van der Waals surface area contributed by atoms with E-state index in [4.69, 9.17) is 4.74 Å². The van der Waals surface area contributed by atoms with Crippen LogP contribution in [0.3, 0.4) is 0 Å². The molecule has 0 bridgehead atoms. The average molecular weight is 373 g/mol. The van der Waals surface area contributed by atoms with Crippen LogP contribution in [-0.4, -0.2) is 12.0 Å². The lowest BCUT2D eigenvalue weighted by molar-refractivity contribution is -0.127. The Kier molecular flexibility index (Phi) is 6.49. The van der Waals surface area contributed by atoms with Gasteiger partial charge in [-0.3, -0.25) is 4.79 Å². The fourth-order valence-electron chi connectivity index (χ4n) is 3.31. The molecule has 3 nitrogen and oxygen atoms in total. The van der Waals surface area contributed by atoms with Gasteiger partial charge in [-0.1, -0.05) is 79.7 Å². The molecule has 1 N–H and O–H groups in total. The molecule has 0 radical (unpaired) electrons. The lowest BCUT2D eigenvalue weighted by Gasteiger charge is -2.24. The maximum absolute atomic E-state index is 13.0. The van der Waals surface area contributed by atoms with Gasteiger partial charge in [-0.05, 0) is 48.6 Å². The van der Waals surface area contributed by atoms with Gasteiger partial charge < -0.3 is 10.1 Å². The molecular formula is C25H27NO2. The molecule has 0 aromatic heterocycles. The topological polar surface area (TPSA) is 38.3 Å². The van der Waals surface area contributed by atoms with Crippen LogP contribution in [0, 0.1) is 6.92 Å². The van der Waals surface area contributed by atoms with E-state index in [1.807, 2.05) is 66.7 Å². The fraction of sp³-hybridized carbons (Fsp3) is 0.240. The summed E-state index contributed by atoms with van der Waals surface area (Å²) < 4.78 is 5.99. The van der Waals surface area contributed by atoms with Crippen molar-refractivity contribution in [3.63, 3.8) is 0 Å². The first-order valence-electron chi connectivity index (χ1n) is 9.75. The molecule has 1 amide bonds. The first kappa shape index (κ1) is 19.7. The number of benzene rings is 3. The van der Waals surface area contributed by atoms with Gasteiger partial charge in [0.15, 0.2) is 6.10 Å². The SMILES string of the molecule is CCc1ccccc1O[C@H](C)C(=O)N[C@H](c1ccccc1)c1ccccc1C. The van der Waals surface area contributed by atoms with Crippen molar-refractivity contribution in [2.75, 3.05) is 0 Å². The second-order valence-corrected chi connectivity index (χ2v) is 6.93. The average Bonchev–Trinajstić information content (AvgIpc) is 2.73. The summed E-state index contributed by atoms with van der Waals surface area (Å²) in [7, 11) is 0. The van der Waals surface area contributed by atoms with Crippen molar-refractivity contribution in [1.29, 1.82) is 0 Å². The normalized spacial score (nSPS) is 12.8. The molecule has 0 spiro atoms. The number of ether oxygens (including phenoxy) is 1. The standard InChI is InChI=1S/C25H27NO2/c1-4-20-13-9-11-17-23(20)28-19(3)25(27)26-24(21-14-6-5-7-15-21)22-16-10-8-12-18(22)2/h5-17,19,24H,4H2,1-3H3,(H,26,27)/t19-,24-/m1/s1. The molecule has 3 aromatic rings. The molecule has 0 aliphatic carbocycles. The van der Waals surface area contributed by atoms with Crippen molar-refractivity contribution < 1.29 is 9.53 Å². The highest BCUT2D eigenvalue weighted by Crippen LogP contribution is 2.25. The zero-order chi connectivity index (χ0) is 19.9. The van der Waals surface area contributed by atoms with Crippen molar-refractivity contribution in [3.8, 4) is 5.75 Å². The van der Waals surface area contributed by atoms with E-state index in [1.165, 1.54) is 0 Å². The van der Waals surface area contributed by atoms with E-state index < -0.39 is 6.10 Å². The monoisotopic (exact) mass is 373 g/mol. The molecule has 0 fully saturated rings. The van der Waals surface area contributed by atoms with Gasteiger partial charge in [0.05, 0.1) is 6.04 Å². The number of para-hydroxylation sites is 1. The third-order valence-electron chi connectivity index (χ3n) is 4.95. The van der Waals surface area contributed by atoms with Gasteiger partial charge in [0, 0.05) is 0 Å². The molecule has 0 unspecified atom stereocenters. The summed E-state index contributed by atoms with van der Waals surface area (Å²) in [5.74, 6) is 0.628. The molecule has 28 heavy (non-hydrogen) atoms. The first-order valence-corrected chi connectivity index (χ1v) is 9.75. The molecular weight excluding hydrogens is 346 g/mol. The van der Waals surface area contributed by atoms with Crippen LogP contribution in [0.4, 0.5) is 0 Å². The number of aryl methyl sites for hydroxylation is 2. The molecule has 3 heteroatoms. The number of rotatable bonds is 7. The van der Waals surface area contributed by atoms with Crippen molar-refractivity contribution in [2.24, 2.45) is 0 Å². The van der Waals surface area contributed by atoms with Crippen LogP contribution >= 0.6 is 0 Å². The van der Waals surface area contributed by atoms with Gasteiger partial charge >= 0.3 is 0 Å². The van der Waals surface area contributed by atoms with Crippen molar-refractivity contribution in [3.05, 3.63) is 101 Å². The highest BCUT2D eigenvalue weighted by Gasteiger charge is 2.23. The van der Waals surface area contributed by atoms with Crippen LogP contribution in [0.25, 0.3) is 0 Å². The highest BCUT2D eigenvalue weighted by molar-refractivity contribution is 5.81. The van der Waals surface area contributed by atoms with E-state index in [1.54, 1.807) is 6.92 Å². The van der Waals surface area contributed by atoms with E-state index in [-0.39, 0.29) is 11.9 Å². The number of hydrogen-bond donors (Lipinski definition) is 1. The Morgan fingerprint density at radius 2 is 1.57 bits per heavy atom. The zero-order valence-corrected chi connectivity index (χ0v) is 16.7. The molecule has 0 saturated carbocycles. The molecule has 0 aliphatic heterocycles. The molecule has 2 atom stereocenters. The van der Waals surface area contributed by atoms with E-state index in [2.05, 4.69) is 31.3 Å². The van der Waals surface area contributed by atoms with Gasteiger partial charge in [0.1, 0.15) is 5.75 Å². The van der Waals surface area contributed by atoms with E-state index in [0.717, 1.165) is 34.4 Å². The predicted octanol–water partition coefficient (Wildman–Crippen LogP) is 5.23. The van der Waals surface area contributed by atoms with Crippen LogP contribution in [0.15, 0.2) is 78.9 Å². The predicted molar refractivity (Wildman–Crippen MR) is 114 cm³/mol. The van der Waals surface area contributed by atoms with Crippen LogP contribution in [0.1, 0.15) is 42.1 Å². The number of nitrogens with one attached hydrogen (secondary N) is 1. The van der Waals surface area contributed by atoms with Gasteiger partial charge in [-0.15, -0.1) is 0 Å². The van der Waals surface area contributed by atoms with Crippen molar-refractivity contribution in [2.45, 2.75) is 39.3 Å². The fourth-order valence-corrected chi connectivity index (χ4v) is 3.31. The summed E-state index contributed by atoms with van der Waals surface area (Å²) in [6.45, 7) is 5.94. The maximum atomic E-state index is 13.0. The minimum atomic E-state index is -0.595. The third-order valence-corrected chi connectivity index (χ3v) is 4.95. The molecule has 0 aliphatic rings. The Labute approximate surface area is 167 Å². The van der Waals surface area contributed by atoms with Gasteiger partial charge in [0.25, 0.3) is 5.91 Å². The Bertz CT molecular complexity index is 921. The summed E-state index contributed by atoms with van der Waals surface area (Å²) >= 11 is 0. The smallest absolute Gasteiger partial charge is 0.261 e. The largest absolute Gasteiger partial charge is 0.481 e. The van der Waals surface area contributed by atoms with E-state index in [0.29, 0.717) is 0 Å². The third kappa shape index (κ3) is 4.61. The summed E-state index contributed by atoms with van der Waals surface area (Å²) in [5.41, 5.74) is 4.37. The lowest BCUT2D eigenvalue weighted by atomic mass is 9.95. The summed E-state index contributed by atoms with van der Waals surface area (Å²) in [5, 5.41) is 3.18. The van der Waals surface area contributed by atoms with Crippen LogP contribution in [0.2, 0.25) is 0 Å². The summed E-state index contributed by atoms with van der Waals surface area (Å²) in [6.07, 6.45) is 0.267. The lowest BCUT2D eigenvalue weighted by Crippen LogP contribution is -2.39. The second kappa shape index (κ2) is 9.23. The molecule has 3 rings (SSSR count). The van der Waals surface area contributed by atoms with Crippen molar-refractivity contribution >= 4 is 5.91 Å². The van der Waals surface area contributed by atoms with E-state index >= 15 is 0 Å². The van der Waals surface area contributed by atoms with Gasteiger partial charge in [-0.2, -0.15) is 0 Å².